The van der Waals surface area contributed by atoms with E-state index in [-0.39, 0.29) is 41.9 Å². The molecule has 11 nitrogen and oxygen atoms in total. The van der Waals surface area contributed by atoms with Crippen LogP contribution >= 0.6 is 0 Å². The summed E-state index contributed by atoms with van der Waals surface area (Å²) in [5.74, 6) is -1.79. The van der Waals surface area contributed by atoms with E-state index in [1.807, 2.05) is 59.5 Å². The molecule has 3 aromatic rings. The number of carbonyl (C=O) groups excluding carboxylic acids is 4. The smallest absolute Gasteiger partial charge is 0.328 e. The van der Waals surface area contributed by atoms with Crippen LogP contribution in [0.25, 0.3) is 0 Å². The van der Waals surface area contributed by atoms with Gasteiger partial charge in [-0.05, 0) is 54.5 Å². The second-order valence-electron chi connectivity index (χ2n) is 12.7. The zero-order valence-electron chi connectivity index (χ0n) is 26.6. The van der Waals surface area contributed by atoms with Crippen molar-refractivity contribution in [3.8, 4) is 0 Å². The van der Waals surface area contributed by atoms with Gasteiger partial charge in [0, 0.05) is 45.3 Å². The first-order valence-electron chi connectivity index (χ1n) is 16.1. The van der Waals surface area contributed by atoms with Crippen molar-refractivity contribution >= 4 is 23.7 Å². The number of aryl methyl sites for hydroxylation is 1. The molecule has 47 heavy (non-hydrogen) atoms. The van der Waals surface area contributed by atoms with Crippen molar-refractivity contribution in [2.24, 2.45) is 7.05 Å². The number of likely N-dealkylation sites (tertiary alicyclic amines) is 2. The fourth-order valence-corrected chi connectivity index (χ4v) is 7.61. The Morgan fingerprint density at radius 3 is 2.36 bits per heavy atom. The lowest BCUT2D eigenvalue weighted by Gasteiger charge is -2.44. The number of piperidine rings is 1. The SMILES string of the molecule is COC(=O)[C@@H]1C[C@@H](O)CN1C(=O)[C@@]1(c2ccccc2)CC[C@H](C(=O)N2CCC(NC(=O)c3cccn(C)c3=O)CC2)c2ccccc21. The van der Waals surface area contributed by atoms with Gasteiger partial charge in [0.1, 0.15) is 11.6 Å². The Hall–Kier alpha value is -4.77. The molecule has 11 heteroatoms. The maximum Gasteiger partial charge on any atom is 0.328 e. The fourth-order valence-electron chi connectivity index (χ4n) is 7.61. The molecule has 3 heterocycles. The maximum atomic E-state index is 14.8. The van der Waals surface area contributed by atoms with Crippen LogP contribution in [0.5, 0.6) is 0 Å². The number of hydrogen-bond donors (Lipinski definition) is 2. The lowest BCUT2D eigenvalue weighted by atomic mass is 9.62. The van der Waals surface area contributed by atoms with Crippen LogP contribution in [0.3, 0.4) is 0 Å². The number of methoxy groups -OCH3 is 1. The maximum absolute atomic E-state index is 14.8. The van der Waals surface area contributed by atoms with Crippen molar-refractivity contribution < 1.29 is 29.0 Å². The monoisotopic (exact) mass is 640 g/mol. The average molecular weight is 641 g/mol. The first-order chi connectivity index (χ1) is 22.6. The van der Waals surface area contributed by atoms with Crippen LogP contribution in [0.1, 0.15) is 65.1 Å². The summed E-state index contributed by atoms with van der Waals surface area (Å²) < 4.78 is 6.37. The van der Waals surface area contributed by atoms with Crippen molar-refractivity contribution in [2.75, 3.05) is 26.7 Å². The predicted octanol–water partition coefficient (Wildman–Crippen LogP) is 2.10. The minimum absolute atomic E-state index is 0.0159. The van der Waals surface area contributed by atoms with E-state index in [1.54, 1.807) is 19.3 Å². The molecule has 2 aliphatic heterocycles. The number of rotatable bonds is 6. The normalized spacial score (nSPS) is 24.4. The average Bonchev–Trinajstić information content (AvgIpc) is 3.50. The minimum atomic E-state index is -1.17. The van der Waals surface area contributed by atoms with Crippen molar-refractivity contribution in [1.29, 1.82) is 0 Å². The largest absolute Gasteiger partial charge is 0.467 e. The number of fused-ring (bicyclic) bond motifs is 1. The highest BCUT2D eigenvalue weighted by molar-refractivity contribution is 5.97. The number of nitrogens with zero attached hydrogens (tertiary/aromatic N) is 3. The third-order valence-electron chi connectivity index (χ3n) is 10.1. The van der Waals surface area contributed by atoms with Crippen LogP contribution in [0, 0.1) is 0 Å². The Morgan fingerprint density at radius 1 is 0.936 bits per heavy atom. The Labute approximate surface area is 273 Å². The lowest BCUT2D eigenvalue weighted by Crippen LogP contribution is -2.54. The molecule has 1 aliphatic carbocycles. The number of β-amino-alcohol motifs (C(OH)–C–C–N with tert-alkyl or cyclic N) is 1. The third-order valence-corrected chi connectivity index (χ3v) is 10.1. The summed E-state index contributed by atoms with van der Waals surface area (Å²) >= 11 is 0. The number of aliphatic hydroxyl groups excluding tert-OH is 1. The van der Waals surface area contributed by atoms with Gasteiger partial charge in [-0.25, -0.2) is 4.79 Å². The van der Waals surface area contributed by atoms with Gasteiger partial charge >= 0.3 is 5.97 Å². The van der Waals surface area contributed by atoms with E-state index in [9.17, 15) is 29.1 Å². The Morgan fingerprint density at radius 2 is 1.64 bits per heavy atom. The van der Waals surface area contributed by atoms with Gasteiger partial charge in [0.05, 0.1) is 24.5 Å². The molecule has 3 aliphatic rings. The van der Waals surface area contributed by atoms with Crippen molar-refractivity contribution in [3.63, 3.8) is 0 Å². The molecular formula is C36H40N4O7. The number of nitrogens with one attached hydrogen (secondary N) is 1. The molecule has 3 amide bonds. The predicted molar refractivity (Wildman–Crippen MR) is 173 cm³/mol. The number of hydrogen-bond acceptors (Lipinski definition) is 7. The van der Waals surface area contributed by atoms with Crippen LogP contribution < -0.4 is 10.9 Å². The summed E-state index contributed by atoms with van der Waals surface area (Å²) in [6.45, 7) is 0.914. The van der Waals surface area contributed by atoms with E-state index in [1.165, 1.54) is 22.6 Å². The molecule has 0 radical (unpaired) electrons. The van der Waals surface area contributed by atoms with Crippen LogP contribution in [0.2, 0.25) is 0 Å². The second kappa shape index (κ2) is 13.2. The molecule has 2 N–H and O–H groups in total. The Kier molecular flexibility index (Phi) is 9.01. The number of benzene rings is 2. The summed E-state index contributed by atoms with van der Waals surface area (Å²) in [4.78, 5) is 70.1. The molecule has 2 aromatic carbocycles. The molecule has 2 fully saturated rings. The molecule has 246 valence electrons. The van der Waals surface area contributed by atoms with Gasteiger partial charge in [0.2, 0.25) is 11.8 Å². The molecule has 2 saturated heterocycles. The quantitative estimate of drug-likeness (QED) is 0.394. The molecule has 0 spiro atoms. The van der Waals surface area contributed by atoms with E-state index in [0.717, 1.165) is 16.7 Å². The number of aliphatic hydroxyl groups is 1. The second-order valence-corrected chi connectivity index (χ2v) is 12.7. The summed E-state index contributed by atoms with van der Waals surface area (Å²) in [5, 5.41) is 13.5. The summed E-state index contributed by atoms with van der Waals surface area (Å²) in [6.07, 6.45) is 2.70. The van der Waals surface area contributed by atoms with Crippen molar-refractivity contribution in [2.45, 2.75) is 61.6 Å². The summed E-state index contributed by atoms with van der Waals surface area (Å²) in [7, 11) is 2.87. The summed E-state index contributed by atoms with van der Waals surface area (Å²) in [5.41, 5.74) is 0.809. The van der Waals surface area contributed by atoms with E-state index in [0.29, 0.717) is 38.8 Å². The standard InChI is InChI=1S/C36H40N4O7/c1-38-18-8-12-28(32(38)43)31(42)37-24-15-19-39(20-16-24)33(44)27-14-17-36(23-9-4-3-5-10-23,29-13-7-6-11-26(27)29)35(46)40-22-25(41)21-30(40)34(45)47-2/h3-13,18,24-25,27,30,41H,14-17,19-22H2,1-2H3,(H,37,42)/t25-,27+,30+,36-/m1/s1. The molecule has 1 aromatic heterocycles. The number of ether oxygens (including phenoxy) is 1. The molecule has 6 rings (SSSR count). The zero-order valence-corrected chi connectivity index (χ0v) is 26.6. The van der Waals surface area contributed by atoms with Gasteiger partial charge in [-0.1, -0.05) is 54.6 Å². The molecular weight excluding hydrogens is 600 g/mol. The van der Waals surface area contributed by atoms with Crippen LogP contribution in [-0.4, -0.2) is 88.1 Å². The first-order valence-corrected chi connectivity index (χ1v) is 16.1. The van der Waals surface area contributed by atoms with Crippen molar-refractivity contribution in [1.82, 2.24) is 19.7 Å². The number of aromatic nitrogens is 1. The van der Waals surface area contributed by atoms with Gasteiger partial charge in [-0.3, -0.25) is 19.2 Å². The first kappa shape index (κ1) is 32.2. The van der Waals surface area contributed by atoms with E-state index in [2.05, 4.69) is 5.32 Å². The highest BCUT2D eigenvalue weighted by Crippen LogP contribution is 2.49. The van der Waals surface area contributed by atoms with E-state index >= 15 is 0 Å². The minimum Gasteiger partial charge on any atom is -0.467 e. The topological polar surface area (TPSA) is 138 Å². The number of amides is 3. The number of pyridine rings is 1. The fraction of sp³-hybridized carbons (Fsp3) is 0.417. The van der Waals surface area contributed by atoms with Gasteiger partial charge in [-0.2, -0.15) is 0 Å². The number of carbonyl (C=O) groups is 4. The van der Waals surface area contributed by atoms with Gasteiger partial charge in [0.25, 0.3) is 11.5 Å². The highest BCUT2D eigenvalue weighted by atomic mass is 16.5. The Balaban J connectivity index is 1.25. The molecule has 0 saturated carbocycles. The van der Waals surface area contributed by atoms with Crippen molar-refractivity contribution in [3.05, 3.63) is 106 Å². The van der Waals surface area contributed by atoms with E-state index in [4.69, 9.17) is 4.74 Å². The van der Waals surface area contributed by atoms with Crippen LogP contribution in [0.15, 0.2) is 77.7 Å². The lowest BCUT2D eigenvalue weighted by molar-refractivity contribution is -0.152. The molecule has 0 bridgehead atoms. The van der Waals surface area contributed by atoms with E-state index < -0.39 is 35.4 Å². The van der Waals surface area contributed by atoms with Crippen LogP contribution in [0.4, 0.5) is 0 Å². The molecule has 4 atom stereocenters. The zero-order chi connectivity index (χ0) is 33.3. The number of esters is 1. The highest BCUT2D eigenvalue weighted by Gasteiger charge is 2.53. The Bertz CT molecular complexity index is 1730. The van der Waals surface area contributed by atoms with Gasteiger partial charge in [0.15, 0.2) is 0 Å². The van der Waals surface area contributed by atoms with Gasteiger partial charge in [-0.15, -0.1) is 0 Å². The molecule has 0 unspecified atom stereocenters. The van der Waals surface area contributed by atoms with Gasteiger partial charge < -0.3 is 29.5 Å². The van der Waals surface area contributed by atoms with Crippen LogP contribution in [-0.2, 0) is 31.6 Å². The third kappa shape index (κ3) is 5.84. The summed E-state index contributed by atoms with van der Waals surface area (Å²) in [6, 6.07) is 19.1.